The molecule has 0 aliphatic carbocycles. The largest absolute Gasteiger partial charge is 0.465 e. The molecule has 1 aromatic rings. The molecule has 2 atom stereocenters. The summed E-state index contributed by atoms with van der Waals surface area (Å²) in [4.78, 5) is 11.4. The number of carbonyl (C=O) groups excluding carboxylic acids is 1. The zero-order chi connectivity index (χ0) is 13.9. The van der Waals surface area contributed by atoms with Crippen molar-refractivity contribution in [3.05, 3.63) is 35.4 Å². The zero-order valence-electron chi connectivity index (χ0n) is 9.85. The Morgan fingerprint density at radius 1 is 1.37 bits per heavy atom. The van der Waals surface area contributed by atoms with Gasteiger partial charge in [0.2, 0.25) is 0 Å². The Labute approximate surface area is 113 Å². The van der Waals surface area contributed by atoms with Gasteiger partial charge in [-0.15, -0.1) is 12.4 Å². The predicted octanol–water partition coefficient (Wildman–Crippen LogP) is 1.82. The van der Waals surface area contributed by atoms with Crippen LogP contribution in [0.5, 0.6) is 0 Å². The third-order valence-electron chi connectivity index (χ3n) is 2.40. The second kappa shape index (κ2) is 6.74. The molecule has 1 aromatic carbocycles. The molecule has 0 unspecified atom stereocenters. The number of esters is 1. The standard InChI is InChI=1S/C11H12F3NO3.ClH/c1-18-10(17)7-5-3-2-4-6(7)8(15)9(16)11(12,13)14;/h2-5,8-9,16H,15H2,1H3;1H/t8-,9-;/m0./s1. The van der Waals surface area contributed by atoms with Crippen molar-refractivity contribution < 1.29 is 27.8 Å². The first-order valence-corrected chi connectivity index (χ1v) is 4.96. The zero-order valence-corrected chi connectivity index (χ0v) is 10.7. The van der Waals surface area contributed by atoms with Crippen LogP contribution in [0.15, 0.2) is 24.3 Å². The lowest BCUT2D eigenvalue weighted by Gasteiger charge is -2.23. The molecule has 0 spiro atoms. The van der Waals surface area contributed by atoms with Gasteiger partial charge in [0.25, 0.3) is 0 Å². The van der Waals surface area contributed by atoms with E-state index in [9.17, 15) is 18.0 Å². The van der Waals surface area contributed by atoms with Gasteiger partial charge in [-0.1, -0.05) is 18.2 Å². The highest BCUT2D eigenvalue weighted by Crippen LogP contribution is 2.30. The topological polar surface area (TPSA) is 72.5 Å². The van der Waals surface area contributed by atoms with Gasteiger partial charge in [-0.2, -0.15) is 13.2 Å². The number of rotatable bonds is 3. The fraction of sp³-hybridized carbons (Fsp3) is 0.364. The molecule has 0 saturated heterocycles. The maximum Gasteiger partial charge on any atom is 0.416 e. The summed E-state index contributed by atoms with van der Waals surface area (Å²) in [7, 11) is 1.10. The number of aliphatic hydroxyl groups is 1. The molecule has 4 nitrogen and oxygen atoms in total. The molecule has 0 aliphatic heterocycles. The number of hydrogen-bond acceptors (Lipinski definition) is 4. The summed E-state index contributed by atoms with van der Waals surface area (Å²) in [5, 5.41) is 9.08. The van der Waals surface area contributed by atoms with Crippen molar-refractivity contribution >= 4 is 18.4 Å². The third-order valence-corrected chi connectivity index (χ3v) is 2.40. The van der Waals surface area contributed by atoms with Gasteiger partial charge in [0, 0.05) is 0 Å². The fourth-order valence-electron chi connectivity index (χ4n) is 1.46. The van der Waals surface area contributed by atoms with Crippen molar-refractivity contribution in [2.75, 3.05) is 7.11 Å². The lowest BCUT2D eigenvalue weighted by Crippen LogP contribution is -2.39. The van der Waals surface area contributed by atoms with Crippen molar-refractivity contribution in [3.63, 3.8) is 0 Å². The van der Waals surface area contributed by atoms with Crippen LogP contribution in [0.2, 0.25) is 0 Å². The SMILES string of the molecule is COC(=O)c1ccccc1[C@H](N)[C@H](O)C(F)(F)F.Cl. The molecule has 0 aliphatic rings. The van der Waals surface area contributed by atoms with Gasteiger partial charge < -0.3 is 15.6 Å². The van der Waals surface area contributed by atoms with Crippen LogP contribution >= 0.6 is 12.4 Å². The maximum atomic E-state index is 12.4. The van der Waals surface area contributed by atoms with Crippen molar-refractivity contribution in [3.8, 4) is 0 Å². The van der Waals surface area contributed by atoms with E-state index < -0.39 is 24.3 Å². The van der Waals surface area contributed by atoms with Gasteiger partial charge in [0.1, 0.15) is 0 Å². The van der Waals surface area contributed by atoms with E-state index in [1.54, 1.807) is 0 Å². The van der Waals surface area contributed by atoms with Crippen LogP contribution in [-0.2, 0) is 4.74 Å². The molecule has 19 heavy (non-hydrogen) atoms. The maximum absolute atomic E-state index is 12.4. The monoisotopic (exact) mass is 299 g/mol. The van der Waals surface area contributed by atoms with E-state index in [-0.39, 0.29) is 23.5 Å². The van der Waals surface area contributed by atoms with Crippen molar-refractivity contribution in [2.24, 2.45) is 5.73 Å². The summed E-state index contributed by atoms with van der Waals surface area (Å²) in [5.41, 5.74) is 5.12. The number of nitrogens with two attached hydrogens (primary N) is 1. The molecule has 1 rings (SSSR count). The Hall–Kier alpha value is -1.31. The highest BCUT2D eigenvalue weighted by atomic mass is 35.5. The summed E-state index contributed by atoms with van der Waals surface area (Å²) in [5.74, 6) is -0.810. The Balaban J connectivity index is 0.00000324. The Bertz CT molecular complexity index is 439. The van der Waals surface area contributed by atoms with Crippen molar-refractivity contribution in [1.29, 1.82) is 0 Å². The van der Waals surface area contributed by atoms with Gasteiger partial charge in [-0.05, 0) is 11.6 Å². The molecule has 0 amide bonds. The molecular formula is C11H13ClF3NO3. The molecule has 0 aromatic heterocycles. The minimum atomic E-state index is -4.86. The predicted molar refractivity (Wildman–Crippen MR) is 64.0 cm³/mol. The van der Waals surface area contributed by atoms with E-state index in [2.05, 4.69) is 4.74 Å². The number of carbonyl (C=O) groups is 1. The van der Waals surface area contributed by atoms with Gasteiger partial charge in [0.15, 0.2) is 6.10 Å². The van der Waals surface area contributed by atoms with E-state index in [1.807, 2.05) is 0 Å². The van der Waals surface area contributed by atoms with E-state index in [0.717, 1.165) is 7.11 Å². The minimum Gasteiger partial charge on any atom is -0.465 e. The minimum absolute atomic E-state index is 0. The van der Waals surface area contributed by atoms with E-state index in [0.29, 0.717) is 0 Å². The van der Waals surface area contributed by atoms with Gasteiger partial charge >= 0.3 is 12.1 Å². The second-order valence-electron chi connectivity index (χ2n) is 3.59. The number of methoxy groups -OCH3 is 1. The fourth-order valence-corrected chi connectivity index (χ4v) is 1.46. The average Bonchev–Trinajstić information content (AvgIpc) is 2.35. The molecule has 0 heterocycles. The van der Waals surface area contributed by atoms with Gasteiger partial charge in [-0.3, -0.25) is 0 Å². The molecule has 108 valence electrons. The van der Waals surface area contributed by atoms with Gasteiger partial charge in [-0.25, -0.2) is 4.79 Å². The van der Waals surface area contributed by atoms with Crippen LogP contribution < -0.4 is 5.73 Å². The van der Waals surface area contributed by atoms with E-state index in [1.165, 1.54) is 24.3 Å². The molecule has 0 fully saturated rings. The van der Waals surface area contributed by atoms with E-state index in [4.69, 9.17) is 10.8 Å². The van der Waals surface area contributed by atoms with Crippen LogP contribution in [0, 0.1) is 0 Å². The molecule has 0 saturated carbocycles. The lowest BCUT2D eigenvalue weighted by atomic mass is 9.96. The highest BCUT2D eigenvalue weighted by molar-refractivity contribution is 5.91. The summed E-state index contributed by atoms with van der Waals surface area (Å²) in [6.07, 6.45) is -7.61. The summed E-state index contributed by atoms with van der Waals surface area (Å²) in [6.45, 7) is 0. The van der Waals surface area contributed by atoms with Crippen LogP contribution in [0.1, 0.15) is 22.0 Å². The third kappa shape index (κ3) is 4.09. The van der Waals surface area contributed by atoms with Crippen LogP contribution in [0.4, 0.5) is 13.2 Å². The molecule has 8 heteroatoms. The molecule has 0 radical (unpaired) electrons. The number of benzene rings is 1. The normalized spacial score (nSPS) is 14.2. The smallest absolute Gasteiger partial charge is 0.416 e. The first kappa shape index (κ1) is 17.7. The summed E-state index contributed by atoms with van der Waals surface area (Å²) in [6, 6.07) is 3.66. The number of alkyl halides is 3. The first-order valence-electron chi connectivity index (χ1n) is 4.96. The molecule has 3 N–H and O–H groups in total. The second-order valence-corrected chi connectivity index (χ2v) is 3.59. The number of hydrogen-bond donors (Lipinski definition) is 2. The number of ether oxygens (including phenoxy) is 1. The molecule has 0 bridgehead atoms. The quantitative estimate of drug-likeness (QED) is 0.835. The van der Waals surface area contributed by atoms with Gasteiger partial charge in [0.05, 0.1) is 18.7 Å². The Morgan fingerprint density at radius 2 is 1.89 bits per heavy atom. The number of halogens is 4. The van der Waals surface area contributed by atoms with Crippen LogP contribution in [0.3, 0.4) is 0 Å². The van der Waals surface area contributed by atoms with E-state index >= 15 is 0 Å². The average molecular weight is 300 g/mol. The Morgan fingerprint density at radius 3 is 2.37 bits per heavy atom. The van der Waals surface area contributed by atoms with Crippen molar-refractivity contribution in [2.45, 2.75) is 18.3 Å². The van der Waals surface area contributed by atoms with Crippen molar-refractivity contribution in [1.82, 2.24) is 0 Å². The Kier molecular flexibility index (Phi) is 6.28. The number of aliphatic hydroxyl groups excluding tert-OH is 1. The summed E-state index contributed by atoms with van der Waals surface area (Å²) < 4.78 is 41.5. The summed E-state index contributed by atoms with van der Waals surface area (Å²) >= 11 is 0. The lowest BCUT2D eigenvalue weighted by molar-refractivity contribution is -0.210. The van der Waals surface area contributed by atoms with Crippen LogP contribution in [-0.4, -0.2) is 30.5 Å². The molecular weight excluding hydrogens is 287 g/mol. The first-order chi connectivity index (χ1) is 8.29. The van der Waals surface area contributed by atoms with Crippen LogP contribution in [0.25, 0.3) is 0 Å². The highest BCUT2D eigenvalue weighted by Gasteiger charge is 2.43.